The molecule has 0 aliphatic heterocycles. The number of halogens is 1. The van der Waals surface area contributed by atoms with Crippen LogP contribution in [0.15, 0.2) is 41.0 Å². The summed E-state index contributed by atoms with van der Waals surface area (Å²) in [5.41, 5.74) is 2.05. The number of hydrogen-bond donors (Lipinski definition) is 2. The van der Waals surface area contributed by atoms with Gasteiger partial charge in [0.15, 0.2) is 0 Å². The summed E-state index contributed by atoms with van der Waals surface area (Å²) in [6.07, 6.45) is 7.19. The monoisotopic (exact) mass is 472 g/mol. The Labute approximate surface area is 193 Å². The van der Waals surface area contributed by atoms with E-state index < -0.39 is 21.1 Å². The molecule has 0 amide bonds. The molecule has 1 heterocycles. The van der Waals surface area contributed by atoms with Crippen molar-refractivity contribution >= 4 is 37.8 Å². The lowest BCUT2D eigenvalue weighted by molar-refractivity contribution is -0.0107. The number of anilines is 2. The van der Waals surface area contributed by atoms with E-state index in [-0.39, 0.29) is 6.10 Å². The molecule has 0 atom stereocenters. The fourth-order valence-corrected chi connectivity index (χ4v) is 4.72. The lowest BCUT2D eigenvalue weighted by Crippen LogP contribution is -2.34. The van der Waals surface area contributed by atoms with Crippen LogP contribution in [0.1, 0.15) is 38.2 Å². The number of nitrogens with zero attached hydrogens (tertiary/aromatic N) is 3. The summed E-state index contributed by atoms with van der Waals surface area (Å²) >= 11 is 0. The van der Waals surface area contributed by atoms with Gasteiger partial charge >= 0.3 is 0 Å². The topological polar surface area (TPSA) is 96.7 Å². The van der Waals surface area contributed by atoms with Gasteiger partial charge in [-0.2, -0.15) is 4.36 Å². The van der Waals surface area contributed by atoms with Crippen molar-refractivity contribution in [1.29, 1.82) is 0 Å². The zero-order chi connectivity index (χ0) is 23.8. The van der Waals surface area contributed by atoms with E-state index in [1.807, 2.05) is 19.9 Å². The second-order valence-electron chi connectivity index (χ2n) is 9.23. The van der Waals surface area contributed by atoms with Crippen molar-refractivity contribution in [3.8, 4) is 5.75 Å². The van der Waals surface area contributed by atoms with E-state index >= 15 is 0 Å². The van der Waals surface area contributed by atoms with Gasteiger partial charge in [-0.15, -0.1) is 0 Å². The predicted molar refractivity (Wildman–Crippen MR) is 130 cm³/mol. The van der Waals surface area contributed by atoms with Gasteiger partial charge in [0, 0.05) is 33.7 Å². The van der Waals surface area contributed by atoms with Crippen LogP contribution in [0.25, 0.3) is 10.9 Å². The van der Waals surface area contributed by atoms with Gasteiger partial charge in [-0.25, -0.2) is 18.6 Å². The van der Waals surface area contributed by atoms with Gasteiger partial charge in [0.1, 0.15) is 23.7 Å². The van der Waals surface area contributed by atoms with Gasteiger partial charge in [-0.05, 0) is 69.4 Å². The van der Waals surface area contributed by atoms with Crippen molar-refractivity contribution < 1.29 is 18.4 Å². The van der Waals surface area contributed by atoms with Crippen molar-refractivity contribution in [3.63, 3.8) is 0 Å². The molecular formula is C24H29FN4O3S. The van der Waals surface area contributed by atoms with Crippen molar-refractivity contribution in [2.75, 3.05) is 17.8 Å². The van der Waals surface area contributed by atoms with Crippen LogP contribution >= 0.6 is 0 Å². The maximum atomic E-state index is 14.1. The van der Waals surface area contributed by atoms with E-state index in [0.717, 1.165) is 10.9 Å². The van der Waals surface area contributed by atoms with Gasteiger partial charge in [-0.1, -0.05) is 0 Å². The predicted octanol–water partition coefficient (Wildman–Crippen LogP) is 5.25. The Morgan fingerprint density at radius 1 is 1.21 bits per heavy atom. The first-order valence-electron chi connectivity index (χ1n) is 10.9. The van der Waals surface area contributed by atoms with Crippen LogP contribution in [-0.4, -0.2) is 43.5 Å². The molecule has 4 rings (SSSR count). The first-order valence-corrected chi connectivity index (χ1v) is 13.2. The average Bonchev–Trinajstić information content (AvgIpc) is 2.70. The molecule has 1 aliphatic rings. The second kappa shape index (κ2) is 8.87. The van der Waals surface area contributed by atoms with Crippen LogP contribution < -0.4 is 10.1 Å². The minimum Gasteiger partial charge on any atom is -0.488 e. The zero-order valence-corrected chi connectivity index (χ0v) is 20.1. The smallest absolute Gasteiger partial charge is 0.146 e. The molecule has 0 bridgehead atoms. The Kier molecular flexibility index (Phi) is 6.28. The molecular weight excluding hydrogens is 443 g/mol. The standard InChI is InChI=1S/C24H29FN4O3S/c1-15-11-17(29-33(3,4)31)13-20-22(15)23(27-14-26-20)28-19-6-5-16(25)12-21(19)32-18-7-9-24(2,30)10-8-18/h5-6,11-14,18,30H,7-10H2,1-4H3,(H,26,27,28). The third-order valence-electron chi connectivity index (χ3n) is 5.75. The fourth-order valence-electron chi connectivity index (χ4n) is 4.11. The molecule has 176 valence electrons. The molecule has 7 nitrogen and oxygen atoms in total. The maximum absolute atomic E-state index is 14.1. The Morgan fingerprint density at radius 3 is 2.64 bits per heavy atom. The number of aliphatic hydroxyl groups is 1. The zero-order valence-electron chi connectivity index (χ0n) is 19.3. The van der Waals surface area contributed by atoms with Crippen LogP contribution in [0, 0.1) is 12.7 Å². The minimum atomic E-state index is -2.30. The highest BCUT2D eigenvalue weighted by Gasteiger charge is 2.30. The Balaban J connectivity index is 1.67. The number of nitrogens with one attached hydrogen (secondary N) is 1. The molecule has 3 aromatic rings. The number of aromatic nitrogens is 2. The van der Waals surface area contributed by atoms with Crippen LogP contribution in [0.3, 0.4) is 0 Å². The molecule has 2 aromatic carbocycles. The van der Waals surface area contributed by atoms with E-state index in [9.17, 15) is 13.7 Å². The lowest BCUT2D eigenvalue weighted by atomic mass is 9.85. The van der Waals surface area contributed by atoms with Crippen molar-refractivity contribution in [2.24, 2.45) is 4.36 Å². The van der Waals surface area contributed by atoms with Gasteiger partial charge in [0.2, 0.25) is 0 Å². The van der Waals surface area contributed by atoms with E-state index in [1.54, 1.807) is 24.6 Å². The van der Waals surface area contributed by atoms with Crippen molar-refractivity contribution in [1.82, 2.24) is 9.97 Å². The Morgan fingerprint density at radius 2 is 1.94 bits per heavy atom. The molecule has 1 saturated carbocycles. The number of ether oxygens (including phenoxy) is 1. The summed E-state index contributed by atoms with van der Waals surface area (Å²) in [5.74, 6) is 0.561. The Bertz CT molecular complexity index is 1300. The SMILES string of the molecule is Cc1cc(N=S(C)(C)=O)cc2ncnc(Nc3ccc(F)cc3OC3CCC(C)(O)CC3)c12. The van der Waals surface area contributed by atoms with Crippen LogP contribution in [0.4, 0.5) is 21.6 Å². The number of rotatable bonds is 5. The molecule has 0 saturated heterocycles. The van der Waals surface area contributed by atoms with Gasteiger partial charge < -0.3 is 15.2 Å². The van der Waals surface area contributed by atoms with Gasteiger partial charge in [0.05, 0.1) is 28.6 Å². The number of fused-ring (bicyclic) bond motifs is 1. The molecule has 2 N–H and O–H groups in total. The molecule has 1 aromatic heterocycles. The highest BCUT2D eigenvalue weighted by Crippen LogP contribution is 2.36. The summed E-state index contributed by atoms with van der Waals surface area (Å²) in [5, 5.41) is 14.3. The maximum Gasteiger partial charge on any atom is 0.146 e. The van der Waals surface area contributed by atoms with Gasteiger partial charge in [-0.3, -0.25) is 0 Å². The summed E-state index contributed by atoms with van der Waals surface area (Å²) in [4.78, 5) is 8.76. The molecule has 9 heteroatoms. The first-order chi connectivity index (χ1) is 15.5. The molecule has 0 unspecified atom stereocenters. The fraction of sp³-hybridized carbons (Fsp3) is 0.417. The molecule has 1 fully saturated rings. The first kappa shape index (κ1) is 23.4. The highest BCUT2D eigenvalue weighted by atomic mass is 32.2. The molecule has 33 heavy (non-hydrogen) atoms. The van der Waals surface area contributed by atoms with Crippen LogP contribution in [0.5, 0.6) is 5.75 Å². The highest BCUT2D eigenvalue weighted by molar-refractivity contribution is 7.92. The second-order valence-corrected chi connectivity index (χ2v) is 11.8. The third kappa shape index (κ3) is 5.78. The van der Waals surface area contributed by atoms with E-state index in [0.29, 0.717) is 54.1 Å². The van der Waals surface area contributed by atoms with Crippen molar-refractivity contribution in [2.45, 2.75) is 51.2 Å². The third-order valence-corrected chi connectivity index (χ3v) is 6.40. The number of hydrogen-bond acceptors (Lipinski definition) is 7. The van der Waals surface area contributed by atoms with Crippen LogP contribution in [0.2, 0.25) is 0 Å². The van der Waals surface area contributed by atoms with E-state index in [2.05, 4.69) is 19.6 Å². The van der Waals surface area contributed by atoms with E-state index in [4.69, 9.17) is 4.74 Å². The largest absolute Gasteiger partial charge is 0.488 e. The van der Waals surface area contributed by atoms with Crippen LogP contribution in [-0.2, 0) is 9.73 Å². The quantitative estimate of drug-likeness (QED) is 0.526. The normalized spacial score (nSPS) is 21.1. The number of aryl methyl sites for hydroxylation is 1. The molecule has 0 spiro atoms. The lowest BCUT2D eigenvalue weighted by Gasteiger charge is -2.33. The summed E-state index contributed by atoms with van der Waals surface area (Å²) < 4.78 is 36.6. The van der Waals surface area contributed by atoms with Crippen molar-refractivity contribution in [3.05, 3.63) is 48.0 Å². The average molecular weight is 473 g/mol. The molecule has 1 aliphatic carbocycles. The minimum absolute atomic E-state index is 0.0985. The summed E-state index contributed by atoms with van der Waals surface area (Å²) in [6.45, 7) is 3.75. The van der Waals surface area contributed by atoms with E-state index in [1.165, 1.54) is 18.5 Å². The Hall–Kier alpha value is -2.78. The van der Waals surface area contributed by atoms with Gasteiger partial charge in [0.25, 0.3) is 0 Å². The summed E-state index contributed by atoms with van der Waals surface area (Å²) in [6, 6.07) is 7.98. The summed E-state index contributed by atoms with van der Waals surface area (Å²) in [7, 11) is -2.30. The number of benzene rings is 2. The molecule has 0 radical (unpaired) electrons.